The number of methoxy groups -OCH3 is 1. The van der Waals surface area contributed by atoms with Gasteiger partial charge in [-0.3, -0.25) is 0 Å². The predicted octanol–water partition coefficient (Wildman–Crippen LogP) is 3.79. The van der Waals surface area contributed by atoms with E-state index >= 15 is 0 Å². The summed E-state index contributed by atoms with van der Waals surface area (Å²) in [6.45, 7) is 7.39. The van der Waals surface area contributed by atoms with Crippen molar-refractivity contribution in [2.24, 2.45) is 5.92 Å². The van der Waals surface area contributed by atoms with Crippen molar-refractivity contribution < 1.29 is 9.13 Å². The summed E-state index contributed by atoms with van der Waals surface area (Å²) in [7, 11) is 1.50. The standard InChI is InChI=1S/C16H26FNO/c1-5-12(6-2)14(18-7-3)11-13-9-8-10-15(19-4)16(13)17/h8-10,12,14,18H,5-7,11H2,1-4H3. The van der Waals surface area contributed by atoms with Gasteiger partial charge in [-0.15, -0.1) is 0 Å². The minimum Gasteiger partial charge on any atom is -0.494 e. The topological polar surface area (TPSA) is 21.3 Å². The molecule has 1 aromatic rings. The summed E-state index contributed by atoms with van der Waals surface area (Å²) in [6.07, 6.45) is 2.93. The van der Waals surface area contributed by atoms with Gasteiger partial charge in [0.15, 0.2) is 11.6 Å². The van der Waals surface area contributed by atoms with Crippen LogP contribution in [0.2, 0.25) is 0 Å². The molecule has 0 aliphatic heterocycles. The molecular formula is C16H26FNO. The number of benzene rings is 1. The number of hydrogen-bond acceptors (Lipinski definition) is 2. The van der Waals surface area contributed by atoms with E-state index in [0.717, 1.165) is 24.9 Å². The van der Waals surface area contributed by atoms with Crippen molar-refractivity contribution in [3.05, 3.63) is 29.6 Å². The molecule has 108 valence electrons. The largest absolute Gasteiger partial charge is 0.494 e. The molecule has 0 aliphatic carbocycles. The van der Waals surface area contributed by atoms with Gasteiger partial charge in [0.2, 0.25) is 0 Å². The summed E-state index contributed by atoms with van der Waals surface area (Å²) < 4.78 is 19.2. The van der Waals surface area contributed by atoms with Crippen molar-refractivity contribution >= 4 is 0 Å². The second-order valence-electron chi connectivity index (χ2n) is 4.88. The average Bonchev–Trinajstić information content (AvgIpc) is 2.42. The molecule has 1 rings (SSSR count). The van der Waals surface area contributed by atoms with E-state index in [2.05, 4.69) is 26.1 Å². The zero-order valence-electron chi connectivity index (χ0n) is 12.5. The van der Waals surface area contributed by atoms with Crippen LogP contribution in [0.1, 0.15) is 39.2 Å². The molecule has 1 unspecified atom stereocenters. The number of ether oxygens (including phenoxy) is 1. The van der Waals surface area contributed by atoms with Gasteiger partial charge < -0.3 is 10.1 Å². The lowest BCUT2D eigenvalue weighted by molar-refractivity contribution is 0.331. The fourth-order valence-electron chi connectivity index (χ4n) is 2.63. The molecule has 0 radical (unpaired) electrons. The van der Waals surface area contributed by atoms with Gasteiger partial charge in [0.25, 0.3) is 0 Å². The van der Waals surface area contributed by atoms with Crippen molar-refractivity contribution in [2.75, 3.05) is 13.7 Å². The van der Waals surface area contributed by atoms with Gasteiger partial charge in [0.1, 0.15) is 0 Å². The third-order valence-electron chi connectivity index (χ3n) is 3.79. The first kappa shape index (κ1) is 16.0. The van der Waals surface area contributed by atoms with E-state index in [0.29, 0.717) is 24.1 Å². The maximum atomic E-state index is 14.2. The zero-order valence-corrected chi connectivity index (χ0v) is 12.5. The van der Waals surface area contributed by atoms with E-state index < -0.39 is 0 Å². The molecule has 1 N–H and O–H groups in total. The van der Waals surface area contributed by atoms with Crippen molar-refractivity contribution in [3.8, 4) is 5.75 Å². The fraction of sp³-hybridized carbons (Fsp3) is 0.625. The van der Waals surface area contributed by atoms with Gasteiger partial charge in [0, 0.05) is 6.04 Å². The number of hydrogen-bond donors (Lipinski definition) is 1. The lowest BCUT2D eigenvalue weighted by Gasteiger charge is -2.26. The van der Waals surface area contributed by atoms with E-state index in [1.165, 1.54) is 7.11 Å². The first-order valence-electron chi connectivity index (χ1n) is 7.22. The molecule has 0 heterocycles. The minimum absolute atomic E-state index is 0.223. The third kappa shape index (κ3) is 4.20. The Balaban J connectivity index is 2.89. The summed E-state index contributed by atoms with van der Waals surface area (Å²) in [6, 6.07) is 5.69. The van der Waals surface area contributed by atoms with Crippen LogP contribution in [0.5, 0.6) is 5.75 Å². The van der Waals surface area contributed by atoms with E-state index in [9.17, 15) is 4.39 Å². The van der Waals surface area contributed by atoms with E-state index in [1.807, 2.05) is 12.1 Å². The Labute approximate surface area is 116 Å². The quantitative estimate of drug-likeness (QED) is 0.773. The van der Waals surface area contributed by atoms with Crippen molar-refractivity contribution in [2.45, 2.75) is 46.1 Å². The normalized spacial score (nSPS) is 12.7. The van der Waals surface area contributed by atoms with Gasteiger partial charge in [0.05, 0.1) is 7.11 Å². The maximum Gasteiger partial charge on any atom is 0.168 e. The molecule has 0 spiro atoms. The molecular weight excluding hydrogens is 241 g/mol. The Morgan fingerprint density at radius 1 is 1.21 bits per heavy atom. The highest BCUT2D eigenvalue weighted by molar-refractivity contribution is 5.31. The molecule has 3 heteroatoms. The minimum atomic E-state index is -0.223. The van der Waals surface area contributed by atoms with Crippen molar-refractivity contribution in [3.63, 3.8) is 0 Å². The molecule has 2 nitrogen and oxygen atoms in total. The summed E-state index contributed by atoms with van der Waals surface area (Å²) in [4.78, 5) is 0. The SMILES string of the molecule is CCNC(Cc1cccc(OC)c1F)C(CC)CC. The molecule has 1 aromatic carbocycles. The summed E-state index contributed by atoms with van der Waals surface area (Å²) in [5.74, 6) is 0.682. The van der Waals surface area contributed by atoms with Gasteiger partial charge in [-0.05, 0) is 30.5 Å². The molecule has 1 atom stereocenters. The van der Waals surface area contributed by atoms with Gasteiger partial charge in [-0.1, -0.05) is 45.7 Å². The number of rotatable bonds is 8. The fourth-order valence-corrected chi connectivity index (χ4v) is 2.63. The second-order valence-corrected chi connectivity index (χ2v) is 4.88. The highest BCUT2D eigenvalue weighted by Crippen LogP contribution is 2.24. The monoisotopic (exact) mass is 267 g/mol. The van der Waals surface area contributed by atoms with Crippen molar-refractivity contribution in [1.82, 2.24) is 5.32 Å². The lowest BCUT2D eigenvalue weighted by Crippen LogP contribution is -2.37. The zero-order chi connectivity index (χ0) is 14.3. The Bertz CT molecular complexity index is 377. The Kier molecular flexibility index (Phi) is 6.85. The molecule has 0 aliphatic rings. The third-order valence-corrected chi connectivity index (χ3v) is 3.79. The first-order valence-corrected chi connectivity index (χ1v) is 7.22. The van der Waals surface area contributed by atoms with E-state index in [4.69, 9.17) is 4.74 Å². The first-order chi connectivity index (χ1) is 9.17. The number of nitrogens with one attached hydrogen (secondary N) is 1. The molecule has 19 heavy (non-hydrogen) atoms. The second kappa shape index (κ2) is 8.16. The van der Waals surface area contributed by atoms with E-state index in [-0.39, 0.29) is 5.82 Å². The Morgan fingerprint density at radius 2 is 1.89 bits per heavy atom. The van der Waals surface area contributed by atoms with Gasteiger partial charge in [-0.25, -0.2) is 4.39 Å². The van der Waals surface area contributed by atoms with E-state index in [1.54, 1.807) is 6.07 Å². The van der Waals surface area contributed by atoms with Crippen LogP contribution >= 0.6 is 0 Å². The van der Waals surface area contributed by atoms with Crippen LogP contribution in [0, 0.1) is 11.7 Å². The molecule has 0 amide bonds. The lowest BCUT2D eigenvalue weighted by atomic mass is 9.89. The highest BCUT2D eigenvalue weighted by atomic mass is 19.1. The van der Waals surface area contributed by atoms with Crippen LogP contribution in [-0.2, 0) is 6.42 Å². The summed E-state index contributed by atoms with van der Waals surface area (Å²) in [5.41, 5.74) is 0.734. The van der Waals surface area contributed by atoms with Crippen molar-refractivity contribution in [1.29, 1.82) is 0 Å². The smallest absolute Gasteiger partial charge is 0.168 e. The molecule has 0 saturated carbocycles. The number of likely N-dealkylation sites (N-methyl/N-ethyl adjacent to an activating group) is 1. The molecule has 0 fully saturated rings. The maximum absolute atomic E-state index is 14.2. The Hall–Kier alpha value is -1.09. The van der Waals surface area contributed by atoms with Gasteiger partial charge in [-0.2, -0.15) is 0 Å². The predicted molar refractivity (Wildman–Crippen MR) is 78.2 cm³/mol. The molecule has 0 bridgehead atoms. The highest BCUT2D eigenvalue weighted by Gasteiger charge is 2.20. The van der Waals surface area contributed by atoms with Crippen LogP contribution in [-0.4, -0.2) is 19.7 Å². The van der Waals surface area contributed by atoms with Crippen LogP contribution in [0.25, 0.3) is 0 Å². The van der Waals surface area contributed by atoms with Crippen LogP contribution in [0.4, 0.5) is 4.39 Å². The summed E-state index contributed by atoms with van der Waals surface area (Å²) >= 11 is 0. The summed E-state index contributed by atoms with van der Waals surface area (Å²) in [5, 5.41) is 3.49. The van der Waals surface area contributed by atoms with Gasteiger partial charge >= 0.3 is 0 Å². The number of halogens is 1. The Morgan fingerprint density at radius 3 is 2.42 bits per heavy atom. The van der Waals surface area contributed by atoms with Crippen LogP contribution in [0.3, 0.4) is 0 Å². The average molecular weight is 267 g/mol. The molecule has 0 aromatic heterocycles. The molecule has 0 saturated heterocycles. The van der Waals surface area contributed by atoms with Crippen LogP contribution in [0.15, 0.2) is 18.2 Å². The van der Waals surface area contributed by atoms with Crippen LogP contribution < -0.4 is 10.1 Å².